The van der Waals surface area contributed by atoms with Gasteiger partial charge < -0.3 is 9.13 Å². The summed E-state index contributed by atoms with van der Waals surface area (Å²) in [5.74, 6) is 0. The molecule has 9 aromatic carbocycles. The molecule has 0 amide bonds. The van der Waals surface area contributed by atoms with Crippen LogP contribution >= 0.6 is 11.3 Å². The van der Waals surface area contributed by atoms with Crippen molar-refractivity contribution in [2.45, 2.75) is 0 Å². The molecule has 3 heteroatoms. The van der Waals surface area contributed by atoms with Gasteiger partial charge in [-0.3, -0.25) is 0 Å². The lowest BCUT2D eigenvalue weighted by molar-refractivity contribution is 1.14. The van der Waals surface area contributed by atoms with Gasteiger partial charge in [0.05, 0.1) is 22.1 Å². The third-order valence-electron chi connectivity index (χ3n) is 11.8. The highest BCUT2D eigenvalue weighted by Crippen LogP contribution is 2.52. The van der Waals surface area contributed by atoms with Gasteiger partial charge in [0.2, 0.25) is 0 Å². The predicted molar refractivity (Wildman–Crippen MR) is 227 cm³/mol. The molecule has 0 bridgehead atoms. The molecule has 1 aliphatic carbocycles. The average Bonchev–Trinajstić information content (AvgIpc) is 3.95. The molecular formula is C50H28N2S. The van der Waals surface area contributed by atoms with Crippen LogP contribution in [0.2, 0.25) is 0 Å². The lowest BCUT2D eigenvalue weighted by Crippen LogP contribution is -1.97. The van der Waals surface area contributed by atoms with Crippen LogP contribution in [0, 0.1) is 0 Å². The SMILES string of the molecule is c1cc2c3c(cccc3c1)-c1c-2ccc2c1c1ccccc1n2-c1ccc(-n2c3ccccc3c3c4ccc5sc6ccccc6c5c4ccc32)cc1. The molecular weight excluding hydrogens is 661 g/mol. The Kier molecular flexibility index (Phi) is 5.28. The van der Waals surface area contributed by atoms with Crippen LogP contribution in [0.1, 0.15) is 0 Å². The zero-order valence-electron chi connectivity index (χ0n) is 28.5. The topological polar surface area (TPSA) is 9.86 Å². The maximum absolute atomic E-state index is 2.45. The van der Waals surface area contributed by atoms with E-state index in [0.717, 1.165) is 11.4 Å². The lowest BCUT2D eigenvalue weighted by atomic mass is 9.98. The number of thiophene rings is 1. The summed E-state index contributed by atoms with van der Waals surface area (Å²) in [6.45, 7) is 0. The molecule has 0 unspecified atom stereocenters. The Morgan fingerprint density at radius 3 is 1.64 bits per heavy atom. The molecule has 0 aliphatic heterocycles. The van der Waals surface area contributed by atoms with Gasteiger partial charge in [0.25, 0.3) is 0 Å². The van der Waals surface area contributed by atoms with E-state index in [-0.39, 0.29) is 0 Å². The third-order valence-corrected chi connectivity index (χ3v) is 13.0. The van der Waals surface area contributed by atoms with Crippen LogP contribution in [0.15, 0.2) is 170 Å². The van der Waals surface area contributed by atoms with Gasteiger partial charge >= 0.3 is 0 Å². The van der Waals surface area contributed by atoms with Gasteiger partial charge in [0.1, 0.15) is 0 Å². The monoisotopic (exact) mass is 688 g/mol. The van der Waals surface area contributed by atoms with Gasteiger partial charge in [-0.15, -0.1) is 11.3 Å². The largest absolute Gasteiger partial charge is 0.309 e. The first-order valence-corrected chi connectivity index (χ1v) is 19.1. The summed E-state index contributed by atoms with van der Waals surface area (Å²) >= 11 is 1.88. The van der Waals surface area contributed by atoms with E-state index in [1.165, 1.54) is 108 Å². The van der Waals surface area contributed by atoms with Crippen LogP contribution in [0.5, 0.6) is 0 Å². The van der Waals surface area contributed by atoms with E-state index in [0.29, 0.717) is 0 Å². The van der Waals surface area contributed by atoms with E-state index < -0.39 is 0 Å². The molecule has 0 atom stereocenters. The van der Waals surface area contributed by atoms with Gasteiger partial charge in [0.15, 0.2) is 0 Å². The predicted octanol–water partition coefficient (Wildman–Crippen LogP) is 14.2. The molecule has 2 nitrogen and oxygen atoms in total. The van der Waals surface area contributed by atoms with Crippen LogP contribution in [-0.2, 0) is 0 Å². The fraction of sp³-hybridized carbons (Fsp3) is 0. The zero-order chi connectivity index (χ0) is 34.4. The van der Waals surface area contributed by atoms with Crippen LogP contribution in [0.25, 0.3) is 119 Å². The molecule has 53 heavy (non-hydrogen) atoms. The summed E-state index contributed by atoms with van der Waals surface area (Å²) < 4.78 is 7.58. The highest BCUT2D eigenvalue weighted by Gasteiger charge is 2.26. The number of para-hydroxylation sites is 2. The Bertz CT molecular complexity index is 3550. The molecule has 0 fully saturated rings. The number of hydrogen-bond acceptors (Lipinski definition) is 1. The summed E-state index contributed by atoms with van der Waals surface area (Å²) in [6.07, 6.45) is 0. The first kappa shape index (κ1) is 28.0. The van der Waals surface area contributed by atoms with Crippen molar-refractivity contribution in [1.29, 1.82) is 0 Å². The van der Waals surface area contributed by atoms with Crippen LogP contribution < -0.4 is 0 Å². The van der Waals surface area contributed by atoms with Crippen molar-refractivity contribution in [1.82, 2.24) is 9.13 Å². The highest BCUT2D eigenvalue weighted by atomic mass is 32.1. The van der Waals surface area contributed by atoms with Gasteiger partial charge in [0, 0.05) is 58.7 Å². The van der Waals surface area contributed by atoms with Crippen molar-refractivity contribution in [2.24, 2.45) is 0 Å². The molecule has 244 valence electrons. The molecule has 1 aliphatic rings. The van der Waals surface area contributed by atoms with Crippen LogP contribution in [0.3, 0.4) is 0 Å². The van der Waals surface area contributed by atoms with Crippen molar-refractivity contribution in [3.8, 4) is 33.6 Å². The third kappa shape index (κ3) is 3.53. The second kappa shape index (κ2) is 10.0. The molecule has 3 heterocycles. The number of fused-ring (bicyclic) bond motifs is 16. The second-order valence-corrected chi connectivity index (χ2v) is 15.5. The molecule has 0 saturated carbocycles. The van der Waals surface area contributed by atoms with Crippen molar-refractivity contribution >= 4 is 96.7 Å². The lowest BCUT2D eigenvalue weighted by Gasteiger charge is -2.12. The van der Waals surface area contributed by atoms with E-state index in [1.54, 1.807) is 0 Å². The summed E-state index contributed by atoms with van der Waals surface area (Å²) in [4.78, 5) is 0. The van der Waals surface area contributed by atoms with Gasteiger partial charge in [-0.25, -0.2) is 0 Å². The van der Waals surface area contributed by atoms with Gasteiger partial charge in [-0.05, 0) is 98.9 Å². The maximum atomic E-state index is 2.45. The van der Waals surface area contributed by atoms with E-state index in [2.05, 4.69) is 179 Å². The van der Waals surface area contributed by atoms with Crippen LogP contribution in [0.4, 0.5) is 0 Å². The Labute approximate surface area is 308 Å². The average molecular weight is 689 g/mol. The molecule has 0 N–H and O–H groups in total. The summed E-state index contributed by atoms with van der Waals surface area (Å²) in [6, 6.07) is 63.3. The minimum absolute atomic E-state index is 1.16. The van der Waals surface area contributed by atoms with E-state index in [4.69, 9.17) is 0 Å². The Morgan fingerprint density at radius 2 is 0.887 bits per heavy atom. The smallest absolute Gasteiger partial charge is 0.0547 e. The Hall–Kier alpha value is -6.68. The molecule has 0 radical (unpaired) electrons. The van der Waals surface area contributed by atoms with Crippen LogP contribution in [-0.4, -0.2) is 9.13 Å². The number of benzene rings is 9. The first-order chi connectivity index (χ1) is 26.3. The minimum Gasteiger partial charge on any atom is -0.309 e. The summed E-state index contributed by atoms with van der Waals surface area (Å²) in [5, 5.41) is 13.2. The van der Waals surface area contributed by atoms with E-state index in [1.807, 2.05) is 11.3 Å². The van der Waals surface area contributed by atoms with Crippen molar-refractivity contribution in [3.63, 3.8) is 0 Å². The van der Waals surface area contributed by atoms with Gasteiger partial charge in [-0.2, -0.15) is 0 Å². The Balaban J connectivity index is 1.03. The number of nitrogens with zero attached hydrogens (tertiary/aromatic N) is 2. The first-order valence-electron chi connectivity index (χ1n) is 18.3. The van der Waals surface area contributed by atoms with E-state index in [9.17, 15) is 0 Å². The standard InChI is InChI=1S/C50H28N2S/c1-4-16-40-36(11-1)47-33-25-28-45-48(38-13-3-6-18-44(38)53-45)34(33)23-26-42(47)51(40)30-19-21-31(22-20-30)52-41-17-5-2-12-37(41)50-43(52)27-24-35-32-14-7-9-29-10-8-15-39(46(29)32)49(35)50/h1-28H. The normalized spacial score (nSPS) is 12.5. The number of rotatable bonds is 2. The fourth-order valence-electron chi connectivity index (χ4n) is 9.74. The maximum Gasteiger partial charge on any atom is 0.0547 e. The fourth-order valence-corrected chi connectivity index (χ4v) is 10.9. The molecule has 12 aromatic rings. The molecule has 3 aromatic heterocycles. The molecule has 13 rings (SSSR count). The minimum atomic E-state index is 1.16. The van der Waals surface area contributed by atoms with Gasteiger partial charge in [-0.1, -0.05) is 109 Å². The summed E-state index contributed by atoms with van der Waals surface area (Å²) in [5.41, 5.74) is 12.6. The quantitative estimate of drug-likeness (QED) is 0.171. The van der Waals surface area contributed by atoms with Crippen molar-refractivity contribution < 1.29 is 0 Å². The number of aromatic nitrogens is 2. The summed E-state index contributed by atoms with van der Waals surface area (Å²) in [7, 11) is 0. The zero-order valence-corrected chi connectivity index (χ0v) is 29.3. The van der Waals surface area contributed by atoms with Crippen molar-refractivity contribution in [3.05, 3.63) is 170 Å². The molecule has 0 spiro atoms. The second-order valence-electron chi connectivity index (χ2n) is 14.4. The molecule has 0 saturated heterocycles. The Morgan fingerprint density at radius 1 is 0.302 bits per heavy atom. The van der Waals surface area contributed by atoms with Crippen molar-refractivity contribution in [2.75, 3.05) is 0 Å². The number of hydrogen-bond donors (Lipinski definition) is 0. The highest BCUT2D eigenvalue weighted by molar-refractivity contribution is 7.26. The van der Waals surface area contributed by atoms with E-state index >= 15 is 0 Å².